The Hall–Kier alpha value is -2.34. The van der Waals surface area contributed by atoms with Crippen molar-refractivity contribution in [2.75, 3.05) is 5.75 Å². The average Bonchev–Trinajstić information content (AvgIpc) is 2.58. The fourth-order valence-electron chi connectivity index (χ4n) is 2.36. The number of hydrogen-bond acceptors (Lipinski definition) is 4. The highest BCUT2D eigenvalue weighted by Gasteiger charge is 2.31. The molecule has 23 heavy (non-hydrogen) atoms. The molecule has 118 valence electrons. The summed E-state index contributed by atoms with van der Waals surface area (Å²) in [5, 5.41) is 1.24. The summed E-state index contributed by atoms with van der Waals surface area (Å²) in [6, 6.07) is 11.3. The predicted octanol–water partition coefficient (Wildman–Crippen LogP) is 2.70. The van der Waals surface area contributed by atoms with E-state index in [2.05, 4.69) is 10.4 Å². The van der Waals surface area contributed by atoms with E-state index in [0.717, 1.165) is 16.9 Å². The zero-order valence-electron chi connectivity index (χ0n) is 12.7. The van der Waals surface area contributed by atoms with Crippen LogP contribution in [-0.2, 0) is 4.79 Å². The van der Waals surface area contributed by atoms with Gasteiger partial charge in [0.25, 0.3) is 5.91 Å². The highest BCUT2D eigenvalue weighted by atomic mass is 32.2. The number of carbonyl (C=O) groups excluding carboxylic acids is 2. The van der Waals surface area contributed by atoms with Crippen LogP contribution in [0.1, 0.15) is 33.3 Å². The van der Waals surface area contributed by atoms with Crippen molar-refractivity contribution < 1.29 is 9.59 Å². The predicted molar refractivity (Wildman–Crippen MR) is 89.5 cm³/mol. The Morgan fingerprint density at radius 1 is 1.22 bits per heavy atom. The third-order valence-corrected chi connectivity index (χ3v) is 4.86. The molecule has 5 nitrogen and oxygen atoms in total. The Morgan fingerprint density at radius 3 is 2.61 bits per heavy atom. The Bertz CT molecular complexity index is 704. The molecule has 1 aromatic carbocycles. The van der Waals surface area contributed by atoms with Gasteiger partial charge in [-0.3, -0.25) is 20.0 Å². The van der Waals surface area contributed by atoms with E-state index >= 15 is 0 Å². The molecule has 1 saturated heterocycles. The van der Waals surface area contributed by atoms with Crippen LogP contribution in [0.5, 0.6) is 0 Å². The first-order valence-corrected chi connectivity index (χ1v) is 8.41. The lowest BCUT2D eigenvalue weighted by Gasteiger charge is -2.35. The number of amides is 2. The Labute approximate surface area is 139 Å². The van der Waals surface area contributed by atoms with Crippen molar-refractivity contribution in [2.45, 2.75) is 18.7 Å². The van der Waals surface area contributed by atoms with Gasteiger partial charge in [0.15, 0.2) is 0 Å². The highest BCUT2D eigenvalue weighted by Crippen LogP contribution is 2.36. The first-order chi connectivity index (χ1) is 11.1. The minimum absolute atomic E-state index is 0.0725. The Balaban J connectivity index is 1.82. The molecule has 2 aromatic rings. The number of thioether (sulfide) groups is 1. The molecule has 1 unspecified atom stereocenters. The van der Waals surface area contributed by atoms with Crippen molar-refractivity contribution in [2.24, 2.45) is 0 Å². The number of hydrogen-bond donors (Lipinski definition) is 1. The zero-order chi connectivity index (χ0) is 16.2. The molecular formula is C17H17N3O2S. The summed E-state index contributed by atoms with van der Waals surface area (Å²) in [4.78, 5) is 28.5. The molecule has 1 atom stereocenters. The van der Waals surface area contributed by atoms with E-state index in [1.54, 1.807) is 36.3 Å². The fourth-order valence-corrected chi connectivity index (χ4v) is 3.54. The van der Waals surface area contributed by atoms with Gasteiger partial charge in [0.2, 0.25) is 5.91 Å². The van der Waals surface area contributed by atoms with E-state index in [1.807, 2.05) is 31.2 Å². The number of aryl methyl sites for hydroxylation is 1. The van der Waals surface area contributed by atoms with Crippen molar-refractivity contribution in [3.05, 3.63) is 65.5 Å². The molecular weight excluding hydrogens is 310 g/mol. The molecule has 0 aliphatic carbocycles. The molecule has 1 aliphatic heterocycles. The van der Waals surface area contributed by atoms with Crippen molar-refractivity contribution in [1.82, 2.24) is 15.4 Å². The Kier molecular flexibility index (Phi) is 4.62. The van der Waals surface area contributed by atoms with Crippen molar-refractivity contribution >= 4 is 23.6 Å². The first-order valence-electron chi connectivity index (χ1n) is 7.36. The fraction of sp³-hybridized carbons (Fsp3) is 0.235. The summed E-state index contributed by atoms with van der Waals surface area (Å²) >= 11 is 1.65. The highest BCUT2D eigenvalue weighted by molar-refractivity contribution is 7.99. The Morgan fingerprint density at radius 2 is 1.91 bits per heavy atom. The molecule has 1 aliphatic rings. The molecule has 6 heteroatoms. The summed E-state index contributed by atoms with van der Waals surface area (Å²) in [7, 11) is 0. The van der Waals surface area contributed by atoms with Gasteiger partial charge in [0.1, 0.15) is 5.37 Å². The molecule has 0 radical (unpaired) electrons. The van der Waals surface area contributed by atoms with E-state index < -0.39 is 0 Å². The van der Waals surface area contributed by atoms with Gasteiger partial charge < -0.3 is 0 Å². The summed E-state index contributed by atoms with van der Waals surface area (Å²) in [5.74, 6) is 0.371. The molecule has 3 rings (SSSR count). The molecule has 2 heterocycles. The minimum Gasteiger partial charge on any atom is -0.273 e. The molecule has 0 bridgehead atoms. The monoisotopic (exact) mass is 327 g/mol. The maximum absolute atomic E-state index is 12.3. The van der Waals surface area contributed by atoms with E-state index in [9.17, 15) is 9.59 Å². The second kappa shape index (κ2) is 6.83. The number of rotatable bonds is 3. The SMILES string of the molecule is Cc1ccc(C2SCCC(=O)N2NC(=O)c2ccncc2)cc1. The number of carbonyl (C=O) groups is 2. The van der Waals surface area contributed by atoms with Crippen LogP contribution in [0.3, 0.4) is 0 Å². The number of nitrogens with one attached hydrogen (secondary N) is 1. The molecule has 1 N–H and O–H groups in total. The van der Waals surface area contributed by atoms with Crippen LogP contribution in [0, 0.1) is 6.92 Å². The van der Waals surface area contributed by atoms with Crippen LogP contribution in [0.15, 0.2) is 48.8 Å². The van der Waals surface area contributed by atoms with Gasteiger partial charge in [-0.1, -0.05) is 29.8 Å². The topological polar surface area (TPSA) is 62.3 Å². The number of aromatic nitrogens is 1. The van der Waals surface area contributed by atoms with Crippen LogP contribution in [0.25, 0.3) is 0 Å². The third-order valence-electron chi connectivity index (χ3n) is 3.62. The van der Waals surface area contributed by atoms with Crippen LogP contribution >= 0.6 is 11.8 Å². The van der Waals surface area contributed by atoms with Gasteiger partial charge in [-0.05, 0) is 24.6 Å². The quantitative estimate of drug-likeness (QED) is 0.941. The lowest BCUT2D eigenvalue weighted by Crippen LogP contribution is -2.49. The third kappa shape index (κ3) is 3.53. The van der Waals surface area contributed by atoms with Gasteiger partial charge in [-0.25, -0.2) is 5.01 Å². The smallest absolute Gasteiger partial charge is 0.270 e. The van der Waals surface area contributed by atoms with E-state index in [0.29, 0.717) is 12.0 Å². The summed E-state index contributed by atoms with van der Waals surface area (Å²) in [6.45, 7) is 2.02. The summed E-state index contributed by atoms with van der Waals surface area (Å²) in [6.07, 6.45) is 3.53. The van der Waals surface area contributed by atoms with Crippen LogP contribution < -0.4 is 5.43 Å². The number of hydrazine groups is 1. The van der Waals surface area contributed by atoms with Gasteiger partial charge in [0, 0.05) is 30.1 Å². The molecule has 1 fully saturated rings. The standard InChI is InChI=1S/C17H17N3O2S/c1-12-2-4-14(5-3-12)17-20(15(21)8-11-23-17)19-16(22)13-6-9-18-10-7-13/h2-7,9-10,17H,8,11H2,1H3,(H,19,22). The number of benzene rings is 1. The minimum atomic E-state index is -0.305. The van der Waals surface area contributed by atoms with Crippen LogP contribution in [0.4, 0.5) is 0 Å². The lowest BCUT2D eigenvalue weighted by atomic mass is 10.1. The summed E-state index contributed by atoms with van der Waals surface area (Å²) in [5.41, 5.74) is 5.39. The van der Waals surface area contributed by atoms with Gasteiger partial charge in [0.05, 0.1) is 0 Å². The average molecular weight is 327 g/mol. The summed E-state index contributed by atoms with van der Waals surface area (Å²) < 4.78 is 0. The largest absolute Gasteiger partial charge is 0.273 e. The van der Waals surface area contributed by atoms with Crippen molar-refractivity contribution in [3.8, 4) is 0 Å². The molecule has 0 saturated carbocycles. The van der Waals surface area contributed by atoms with Crippen molar-refractivity contribution in [1.29, 1.82) is 0 Å². The van der Waals surface area contributed by atoms with E-state index in [1.165, 1.54) is 5.01 Å². The van der Waals surface area contributed by atoms with E-state index in [-0.39, 0.29) is 17.2 Å². The van der Waals surface area contributed by atoms with Gasteiger partial charge >= 0.3 is 0 Å². The second-order valence-corrected chi connectivity index (χ2v) is 6.51. The molecule has 1 aromatic heterocycles. The lowest BCUT2D eigenvalue weighted by molar-refractivity contribution is -0.134. The number of pyridine rings is 1. The van der Waals surface area contributed by atoms with Crippen LogP contribution in [-0.4, -0.2) is 27.6 Å². The zero-order valence-corrected chi connectivity index (χ0v) is 13.5. The number of nitrogens with zero attached hydrogens (tertiary/aromatic N) is 2. The van der Waals surface area contributed by atoms with Crippen LogP contribution in [0.2, 0.25) is 0 Å². The van der Waals surface area contributed by atoms with E-state index in [4.69, 9.17) is 0 Å². The second-order valence-electron chi connectivity index (χ2n) is 5.32. The van der Waals surface area contributed by atoms with Gasteiger partial charge in [-0.2, -0.15) is 0 Å². The first kappa shape index (κ1) is 15.6. The molecule has 0 spiro atoms. The maximum atomic E-state index is 12.3. The van der Waals surface area contributed by atoms with Gasteiger partial charge in [-0.15, -0.1) is 11.8 Å². The molecule has 2 amide bonds. The normalized spacial score (nSPS) is 17.9. The maximum Gasteiger partial charge on any atom is 0.270 e. The van der Waals surface area contributed by atoms with Crippen molar-refractivity contribution in [3.63, 3.8) is 0 Å².